The van der Waals surface area contributed by atoms with Crippen molar-refractivity contribution in [2.45, 2.75) is 51.0 Å². The molecule has 0 heterocycles. The van der Waals surface area contributed by atoms with E-state index in [0.717, 1.165) is 40.6 Å². The van der Waals surface area contributed by atoms with Crippen LogP contribution < -0.4 is 4.74 Å². The van der Waals surface area contributed by atoms with Crippen molar-refractivity contribution in [2.75, 3.05) is 7.11 Å². The number of nitrogens with zero attached hydrogens (tertiary/aromatic N) is 1. The second kappa shape index (κ2) is 5.34. The molecule has 0 amide bonds. The van der Waals surface area contributed by atoms with Gasteiger partial charge in [0.25, 0.3) is 0 Å². The molecule has 4 heteroatoms. The van der Waals surface area contributed by atoms with Crippen molar-refractivity contribution in [1.29, 1.82) is 0 Å². The lowest BCUT2D eigenvalue weighted by Crippen LogP contribution is -2.33. The van der Waals surface area contributed by atoms with E-state index in [1.807, 2.05) is 6.07 Å². The fourth-order valence-corrected chi connectivity index (χ4v) is 3.21. The summed E-state index contributed by atoms with van der Waals surface area (Å²) in [4.78, 5) is 14.9. The van der Waals surface area contributed by atoms with Gasteiger partial charge in [-0.1, -0.05) is 36.7 Å². The number of ether oxygens (including phenoxy) is 1. The number of halogens is 1. The van der Waals surface area contributed by atoms with Gasteiger partial charge in [-0.15, -0.1) is 0 Å². The van der Waals surface area contributed by atoms with E-state index in [1.165, 1.54) is 0 Å². The number of hydrogen-bond acceptors (Lipinski definition) is 3. The molecule has 2 rings (SSSR count). The van der Waals surface area contributed by atoms with E-state index in [0.29, 0.717) is 0 Å². The Bertz CT molecular complexity index is 565. The van der Waals surface area contributed by atoms with Crippen molar-refractivity contribution in [1.82, 2.24) is 0 Å². The Morgan fingerprint density at radius 1 is 1.35 bits per heavy atom. The van der Waals surface area contributed by atoms with Crippen LogP contribution in [0.25, 0.3) is 0 Å². The molecule has 1 fully saturated rings. The van der Waals surface area contributed by atoms with Gasteiger partial charge in [-0.3, -0.25) is 0 Å². The first-order valence-corrected chi connectivity index (χ1v) is 7.61. The molecule has 108 valence electrons. The van der Waals surface area contributed by atoms with Crippen LogP contribution in [0.2, 0.25) is 0 Å². The van der Waals surface area contributed by atoms with Crippen LogP contribution in [0.1, 0.15) is 51.2 Å². The summed E-state index contributed by atoms with van der Waals surface area (Å²) in [5, 5.41) is 0. The third-order valence-electron chi connectivity index (χ3n) is 4.01. The molecule has 0 bridgehead atoms. The fourth-order valence-electron chi connectivity index (χ4n) is 2.76. The topological polar surface area (TPSA) is 38.7 Å². The van der Waals surface area contributed by atoms with Gasteiger partial charge in [0.15, 0.2) is 0 Å². The van der Waals surface area contributed by atoms with Crippen LogP contribution >= 0.6 is 15.9 Å². The Kier molecular flexibility index (Phi) is 4.08. The minimum Gasteiger partial charge on any atom is -0.496 e. The van der Waals surface area contributed by atoms with Gasteiger partial charge in [0, 0.05) is 15.6 Å². The largest absolute Gasteiger partial charge is 0.496 e. The molecular weight excluding hydrogens is 318 g/mol. The maximum absolute atomic E-state index is 10.8. The lowest BCUT2D eigenvalue weighted by Gasteiger charge is -2.39. The summed E-state index contributed by atoms with van der Waals surface area (Å²) < 4.78 is 6.67. The quantitative estimate of drug-likeness (QED) is 0.602. The molecule has 0 aromatic heterocycles. The summed E-state index contributed by atoms with van der Waals surface area (Å²) in [7, 11) is 1.68. The number of isocyanates is 1. The molecule has 3 nitrogen and oxygen atoms in total. The van der Waals surface area contributed by atoms with Crippen LogP contribution in [0.4, 0.5) is 0 Å². The standard InChI is InChI=1S/C16H20BrNO2/c1-15(2,3)12-8-11(17)9-13(14(12)20-4)16(18-10-19)6-5-7-16/h8-9H,5-7H2,1-4H3. The van der Waals surface area contributed by atoms with Gasteiger partial charge in [-0.2, -0.15) is 4.99 Å². The number of rotatable bonds is 3. The zero-order chi connectivity index (χ0) is 15.0. The lowest BCUT2D eigenvalue weighted by atomic mass is 9.70. The van der Waals surface area contributed by atoms with Gasteiger partial charge < -0.3 is 4.74 Å². The molecule has 1 saturated carbocycles. The molecule has 0 N–H and O–H groups in total. The molecule has 20 heavy (non-hydrogen) atoms. The molecule has 0 radical (unpaired) electrons. The average Bonchev–Trinajstić information content (AvgIpc) is 2.31. The van der Waals surface area contributed by atoms with E-state index in [-0.39, 0.29) is 5.41 Å². The Labute approximate surface area is 128 Å². The highest BCUT2D eigenvalue weighted by atomic mass is 79.9. The average molecular weight is 338 g/mol. The van der Waals surface area contributed by atoms with Gasteiger partial charge in [0.1, 0.15) is 11.3 Å². The summed E-state index contributed by atoms with van der Waals surface area (Å²) in [6.07, 6.45) is 4.56. The fraction of sp³-hybridized carbons (Fsp3) is 0.562. The molecular formula is C16H20BrNO2. The van der Waals surface area contributed by atoms with Crippen molar-refractivity contribution in [2.24, 2.45) is 4.99 Å². The van der Waals surface area contributed by atoms with Crippen LogP contribution in [0, 0.1) is 0 Å². The molecule has 0 unspecified atom stereocenters. The number of aliphatic imine (C=N–C) groups is 1. The monoisotopic (exact) mass is 337 g/mol. The summed E-state index contributed by atoms with van der Waals surface area (Å²) in [6.45, 7) is 6.45. The van der Waals surface area contributed by atoms with E-state index < -0.39 is 5.54 Å². The summed E-state index contributed by atoms with van der Waals surface area (Å²) in [5.41, 5.74) is 1.63. The highest BCUT2D eigenvalue weighted by Crippen LogP contribution is 2.51. The second-order valence-electron chi connectivity index (χ2n) is 6.37. The van der Waals surface area contributed by atoms with E-state index in [2.05, 4.69) is 47.8 Å². The summed E-state index contributed by atoms with van der Waals surface area (Å²) >= 11 is 3.57. The van der Waals surface area contributed by atoms with Crippen LogP contribution in [0.15, 0.2) is 21.6 Å². The van der Waals surface area contributed by atoms with Gasteiger partial charge in [0.05, 0.1) is 7.11 Å². The summed E-state index contributed by atoms with van der Waals surface area (Å²) in [5.74, 6) is 0.847. The highest BCUT2D eigenvalue weighted by molar-refractivity contribution is 9.10. The number of hydrogen-bond donors (Lipinski definition) is 0. The third-order valence-corrected chi connectivity index (χ3v) is 4.47. The van der Waals surface area contributed by atoms with E-state index in [1.54, 1.807) is 13.2 Å². The van der Waals surface area contributed by atoms with E-state index in [9.17, 15) is 4.79 Å². The highest BCUT2D eigenvalue weighted by Gasteiger charge is 2.42. The van der Waals surface area contributed by atoms with Crippen molar-refractivity contribution in [3.05, 3.63) is 27.7 Å². The Balaban J connectivity index is 2.70. The first kappa shape index (κ1) is 15.3. The predicted molar refractivity (Wildman–Crippen MR) is 83.0 cm³/mol. The van der Waals surface area contributed by atoms with E-state index >= 15 is 0 Å². The first-order chi connectivity index (χ1) is 9.34. The minimum atomic E-state index is -0.448. The van der Waals surface area contributed by atoms with Gasteiger partial charge in [-0.25, -0.2) is 4.79 Å². The maximum Gasteiger partial charge on any atom is 0.235 e. The first-order valence-electron chi connectivity index (χ1n) is 6.81. The molecule has 0 saturated heterocycles. The second-order valence-corrected chi connectivity index (χ2v) is 7.29. The molecule has 1 aromatic carbocycles. The van der Waals surface area contributed by atoms with E-state index in [4.69, 9.17) is 4.74 Å². The smallest absolute Gasteiger partial charge is 0.235 e. The van der Waals surface area contributed by atoms with Crippen LogP contribution in [-0.4, -0.2) is 13.2 Å². The molecule has 0 aliphatic heterocycles. The number of benzene rings is 1. The van der Waals surface area contributed by atoms with Crippen molar-refractivity contribution < 1.29 is 9.53 Å². The van der Waals surface area contributed by atoms with Crippen LogP contribution in [0.3, 0.4) is 0 Å². The van der Waals surface area contributed by atoms with Crippen molar-refractivity contribution in [3.63, 3.8) is 0 Å². The Hall–Kier alpha value is -1.12. The predicted octanol–water partition coefficient (Wildman–Crippen LogP) is 4.47. The van der Waals surface area contributed by atoms with Gasteiger partial charge in [-0.05, 0) is 36.8 Å². The SMILES string of the molecule is COc1c(C(C)(C)C)cc(Br)cc1C1(N=C=O)CCC1. The van der Waals surface area contributed by atoms with Gasteiger partial charge in [0.2, 0.25) is 6.08 Å². The molecule has 1 aromatic rings. The van der Waals surface area contributed by atoms with Crippen LogP contribution in [0.5, 0.6) is 5.75 Å². The van der Waals surface area contributed by atoms with Crippen LogP contribution in [-0.2, 0) is 15.7 Å². The zero-order valence-electron chi connectivity index (χ0n) is 12.4. The Morgan fingerprint density at radius 3 is 2.40 bits per heavy atom. The van der Waals surface area contributed by atoms with Crippen molar-refractivity contribution in [3.8, 4) is 5.75 Å². The molecule has 1 aliphatic carbocycles. The zero-order valence-corrected chi connectivity index (χ0v) is 14.0. The van der Waals surface area contributed by atoms with Crippen molar-refractivity contribution >= 4 is 22.0 Å². The maximum atomic E-state index is 10.8. The minimum absolute atomic E-state index is 0.0420. The molecule has 0 atom stereocenters. The number of methoxy groups -OCH3 is 1. The number of carbonyl (C=O) groups excluding carboxylic acids is 1. The molecule has 1 aliphatic rings. The summed E-state index contributed by atoms with van der Waals surface area (Å²) in [6, 6.07) is 4.10. The third kappa shape index (κ3) is 2.55. The molecule has 0 spiro atoms. The lowest BCUT2D eigenvalue weighted by molar-refractivity contribution is 0.244. The Morgan fingerprint density at radius 2 is 2.00 bits per heavy atom. The normalized spacial score (nSPS) is 17.1. The van der Waals surface area contributed by atoms with Gasteiger partial charge >= 0.3 is 0 Å².